The number of alkyl halides is 1. The smallest absolute Gasteiger partial charge is 0.338 e. The van der Waals surface area contributed by atoms with Crippen LogP contribution in [0.25, 0.3) is 0 Å². The zero-order valence-electron chi connectivity index (χ0n) is 12.8. The van der Waals surface area contributed by atoms with Crippen LogP contribution in [0.3, 0.4) is 0 Å². The van der Waals surface area contributed by atoms with E-state index in [1.807, 2.05) is 6.92 Å². The van der Waals surface area contributed by atoms with Gasteiger partial charge in [-0.05, 0) is 50.5 Å². The van der Waals surface area contributed by atoms with E-state index in [4.69, 9.17) is 38.1 Å². The Kier molecular flexibility index (Phi) is 8.28. The number of benzene rings is 1. The van der Waals surface area contributed by atoms with Crippen molar-refractivity contribution in [3.63, 3.8) is 0 Å². The average Bonchev–Trinajstić information content (AvgIpc) is 2.49. The lowest BCUT2D eigenvalue weighted by atomic mass is 9.92. The lowest BCUT2D eigenvalue weighted by molar-refractivity contribution is 0.0526. The van der Waals surface area contributed by atoms with Crippen molar-refractivity contribution in [2.24, 2.45) is 0 Å². The minimum absolute atomic E-state index is 0.135. The molecule has 1 unspecified atom stereocenters. The van der Waals surface area contributed by atoms with Crippen LogP contribution in [0.5, 0.6) is 0 Å². The Morgan fingerprint density at radius 3 is 2.55 bits per heavy atom. The van der Waals surface area contributed by atoms with Crippen LogP contribution in [0.1, 0.15) is 48.5 Å². The molecule has 0 spiro atoms. The number of rotatable bonds is 8. The van der Waals surface area contributed by atoms with Gasteiger partial charge in [0, 0.05) is 10.9 Å². The van der Waals surface area contributed by atoms with Gasteiger partial charge in [0.25, 0.3) is 0 Å². The fourth-order valence-corrected chi connectivity index (χ4v) is 2.52. The molecule has 1 N–H and O–H groups in total. The van der Waals surface area contributed by atoms with E-state index in [1.54, 1.807) is 25.1 Å². The molecule has 4 nitrogen and oxygen atoms in total. The van der Waals surface area contributed by atoms with Crippen molar-refractivity contribution in [2.45, 2.75) is 32.6 Å². The van der Waals surface area contributed by atoms with Crippen molar-refractivity contribution >= 4 is 35.1 Å². The molecule has 0 bridgehead atoms. The second-order valence-electron chi connectivity index (χ2n) is 4.64. The van der Waals surface area contributed by atoms with Crippen molar-refractivity contribution in [1.29, 1.82) is 5.41 Å². The summed E-state index contributed by atoms with van der Waals surface area (Å²) in [6, 6.07) is 4.94. The van der Waals surface area contributed by atoms with Crippen LogP contribution in [0.2, 0.25) is 5.02 Å². The highest BCUT2D eigenvalue weighted by Gasteiger charge is 2.22. The van der Waals surface area contributed by atoms with E-state index in [0.717, 1.165) is 6.42 Å². The molecule has 122 valence electrons. The highest BCUT2D eigenvalue weighted by atomic mass is 35.5. The Labute approximate surface area is 141 Å². The molecule has 0 aliphatic rings. The molecular weight excluding hydrogens is 325 g/mol. The Hall–Kier alpha value is -1.26. The monoisotopic (exact) mass is 345 g/mol. The fourth-order valence-electron chi connectivity index (χ4n) is 2.12. The van der Waals surface area contributed by atoms with Gasteiger partial charge in [0.2, 0.25) is 0 Å². The molecule has 0 amide bonds. The highest BCUT2D eigenvalue weighted by molar-refractivity contribution is 6.31. The fraction of sp³-hybridized carbons (Fsp3) is 0.500. The van der Waals surface area contributed by atoms with Crippen LogP contribution in [-0.2, 0) is 9.47 Å². The number of halogens is 2. The standard InChI is InChI=1S/C16H21Cl2NO3/c1-3-21-15(19)12(6-5-9-17)13-10-11(7-8-14(13)18)16(20)22-4-2/h7-8,10,12,19H,3-6,9H2,1-2H3. The maximum absolute atomic E-state index is 11.9. The number of hydrogen-bond donors (Lipinski definition) is 1. The van der Waals surface area contributed by atoms with Crippen molar-refractivity contribution in [3.05, 3.63) is 34.3 Å². The zero-order chi connectivity index (χ0) is 16.5. The molecule has 1 atom stereocenters. The van der Waals surface area contributed by atoms with Crippen molar-refractivity contribution in [2.75, 3.05) is 19.1 Å². The molecule has 0 aliphatic carbocycles. The maximum Gasteiger partial charge on any atom is 0.338 e. The first kappa shape index (κ1) is 18.8. The first-order valence-corrected chi connectivity index (χ1v) is 8.20. The molecule has 22 heavy (non-hydrogen) atoms. The van der Waals surface area contributed by atoms with Gasteiger partial charge in [-0.3, -0.25) is 5.41 Å². The average molecular weight is 346 g/mol. The van der Waals surface area contributed by atoms with Crippen LogP contribution in [0.15, 0.2) is 18.2 Å². The van der Waals surface area contributed by atoms with Gasteiger partial charge in [-0.1, -0.05) is 11.6 Å². The molecule has 0 aromatic heterocycles. The van der Waals surface area contributed by atoms with E-state index in [-0.39, 0.29) is 11.8 Å². The molecule has 6 heteroatoms. The molecule has 0 heterocycles. The quantitative estimate of drug-likeness (QED) is 0.323. The third-order valence-corrected chi connectivity index (χ3v) is 3.74. The minimum Gasteiger partial charge on any atom is -0.481 e. The third kappa shape index (κ3) is 5.18. The molecule has 0 saturated heterocycles. The molecule has 0 fully saturated rings. The molecule has 1 aromatic carbocycles. The lowest BCUT2D eigenvalue weighted by Gasteiger charge is -2.20. The lowest BCUT2D eigenvalue weighted by Crippen LogP contribution is -2.17. The topological polar surface area (TPSA) is 59.4 Å². The van der Waals surface area contributed by atoms with Crippen LogP contribution >= 0.6 is 23.2 Å². The van der Waals surface area contributed by atoms with Gasteiger partial charge >= 0.3 is 5.97 Å². The van der Waals surface area contributed by atoms with E-state index in [2.05, 4.69) is 0 Å². The van der Waals surface area contributed by atoms with E-state index in [0.29, 0.717) is 41.7 Å². The molecule has 1 rings (SSSR count). The van der Waals surface area contributed by atoms with E-state index >= 15 is 0 Å². The van der Waals surface area contributed by atoms with E-state index < -0.39 is 5.97 Å². The van der Waals surface area contributed by atoms with Gasteiger partial charge in [0.15, 0.2) is 5.90 Å². The molecule has 0 aliphatic heterocycles. The van der Waals surface area contributed by atoms with Crippen LogP contribution < -0.4 is 0 Å². The predicted octanol–water partition coefficient (Wildman–Crippen LogP) is 4.63. The number of ether oxygens (including phenoxy) is 2. The summed E-state index contributed by atoms with van der Waals surface area (Å²) >= 11 is 12.0. The van der Waals surface area contributed by atoms with Gasteiger partial charge in [-0.2, -0.15) is 0 Å². The van der Waals surface area contributed by atoms with Crippen molar-refractivity contribution in [3.8, 4) is 0 Å². The van der Waals surface area contributed by atoms with Gasteiger partial charge < -0.3 is 9.47 Å². The summed E-state index contributed by atoms with van der Waals surface area (Å²) in [4.78, 5) is 11.9. The first-order valence-electron chi connectivity index (χ1n) is 7.28. The summed E-state index contributed by atoms with van der Waals surface area (Å²) in [5.41, 5.74) is 1.11. The van der Waals surface area contributed by atoms with E-state index in [1.165, 1.54) is 0 Å². The first-order chi connectivity index (χ1) is 10.5. The summed E-state index contributed by atoms with van der Waals surface area (Å²) in [5, 5.41) is 8.57. The SMILES string of the molecule is CCOC(=N)C(CCCCl)c1cc(C(=O)OCC)ccc1Cl. The number of carbonyl (C=O) groups is 1. The van der Waals surface area contributed by atoms with Gasteiger partial charge in [-0.15, -0.1) is 11.6 Å². The minimum atomic E-state index is -0.403. The number of esters is 1. The maximum atomic E-state index is 11.9. The van der Waals surface area contributed by atoms with Crippen LogP contribution in [0.4, 0.5) is 0 Å². The Bertz CT molecular complexity index is 520. The second-order valence-corrected chi connectivity index (χ2v) is 5.42. The van der Waals surface area contributed by atoms with Crippen LogP contribution in [-0.4, -0.2) is 31.0 Å². The highest BCUT2D eigenvalue weighted by Crippen LogP contribution is 2.31. The molecular formula is C16H21Cl2NO3. The van der Waals surface area contributed by atoms with Crippen molar-refractivity contribution in [1.82, 2.24) is 0 Å². The molecule has 1 aromatic rings. The summed E-state index contributed by atoms with van der Waals surface area (Å²) in [7, 11) is 0. The summed E-state index contributed by atoms with van der Waals surface area (Å²) < 4.78 is 10.3. The zero-order valence-corrected chi connectivity index (χ0v) is 14.3. The van der Waals surface area contributed by atoms with Gasteiger partial charge in [-0.25, -0.2) is 4.79 Å². The summed E-state index contributed by atoms with van der Waals surface area (Å²) in [5.74, 6) is -0.0963. The Balaban J connectivity index is 3.13. The summed E-state index contributed by atoms with van der Waals surface area (Å²) in [6.45, 7) is 4.29. The normalized spacial score (nSPS) is 11.8. The molecule has 0 saturated carbocycles. The van der Waals surface area contributed by atoms with E-state index in [9.17, 15) is 4.79 Å². The largest absolute Gasteiger partial charge is 0.481 e. The second kappa shape index (κ2) is 9.70. The number of carbonyl (C=O) groups excluding carboxylic acids is 1. The summed E-state index contributed by atoms with van der Waals surface area (Å²) in [6.07, 6.45) is 1.36. The molecule has 0 radical (unpaired) electrons. The van der Waals surface area contributed by atoms with Crippen molar-refractivity contribution < 1.29 is 14.3 Å². The van der Waals surface area contributed by atoms with Gasteiger partial charge in [0.1, 0.15) is 0 Å². The van der Waals surface area contributed by atoms with Crippen LogP contribution in [0, 0.1) is 5.41 Å². The Morgan fingerprint density at radius 2 is 1.95 bits per heavy atom. The number of nitrogens with one attached hydrogen (secondary N) is 1. The Morgan fingerprint density at radius 1 is 1.27 bits per heavy atom. The number of hydrogen-bond acceptors (Lipinski definition) is 4. The predicted molar refractivity (Wildman–Crippen MR) is 89.5 cm³/mol. The third-order valence-electron chi connectivity index (χ3n) is 3.13. The van der Waals surface area contributed by atoms with Gasteiger partial charge in [0.05, 0.1) is 24.7 Å².